The van der Waals surface area contributed by atoms with E-state index in [4.69, 9.17) is 4.74 Å². The Bertz CT molecular complexity index is 1630. The topological polar surface area (TPSA) is 83.5 Å². The van der Waals surface area contributed by atoms with Gasteiger partial charge in [0.05, 0.1) is 17.3 Å². The maximum atomic E-state index is 13.2. The number of hydrogen-bond donors (Lipinski definition) is 2. The molecule has 0 aliphatic carbocycles. The number of esters is 1. The standard InChI is InChI=1S/C29H19BrIN3O3/c30-21-15-13-19(14-16-21)29(36)37-24-12-5-4-9-20(24)17-32-34-28(35)27-25(18-7-2-1-3-8-18)22-10-6-11-23(31)26(22)33-27/h1-17,33H,(H,34,35). The third kappa shape index (κ3) is 5.50. The van der Waals surface area contributed by atoms with Gasteiger partial charge in [-0.15, -0.1) is 0 Å². The Balaban J connectivity index is 1.39. The van der Waals surface area contributed by atoms with Crippen molar-refractivity contribution in [3.8, 4) is 16.9 Å². The molecule has 37 heavy (non-hydrogen) atoms. The van der Waals surface area contributed by atoms with E-state index < -0.39 is 5.97 Å². The van der Waals surface area contributed by atoms with Crippen LogP contribution in [0, 0.1) is 3.57 Å². The van der Waals surface area contributed by atoms with Gasteiger partial charge in [0.1, 0.15) is 11.4 Å². The lowest BCUT2D eigenvalue weighted by Gasteiger charge is -2.07. The Morgan fingerprint density at radius 2 is 1.62 bits per heavy atom. The summed E-state index contributed by atoms with van der Waals surface area (Å²) in [6, 6.07) is 29.6. The van der Waals surface area contributed by atoms with Gasteiger partial charge in [0.15, 0.2) is 0 Å². The molecule has 0 saturated heterocycles. The highest BCUT2D eigenvalue weighted by Crippen LogP contribution is 2.34. The summed E-state index contributed by atoms with van der Waals surface area (Å²) in [6.45, 7) is 0. The lowest BCUT2D eigenvalue weighted by Crippen LogP contribution is -2.19. The molecule has 4 aromatic carbocycles. The number of amides is 1. The molecule has 0 unspecified atom stereocenters. The van der Waals surface area contributed by atoms with E-state index in [1.54, 1.807) is 48.5 Å². The van der Waals surface area contributed by atoms with Crippen molar-refractivity contribution in [2.45, 2.75) is 0 Å². The second-order valence-corrected chi connectivity index (χ2v) is 10.1. The average Bonchev–Trinajstić information content (AvgIpc) is 3.31. The minimum Gasteiger partial charge on any atom is -0.422 e. The van der Waals surface area contributed by atoms with Crippen LogP contribution in [0.2, 0.25) is 0 Å². The van der Waals surface area contributed by atoms with E-state index in [-0.39, 0.29) is 5.91 Å². The number of nitrogens with zero attached hydrogens (tertiary/aromatic N) is 1. The van der Waals surface area contributed by atoms with Crippen molar-refractivity contribution in [1.29, 1.82) is 0 Å². The van der Waals surface area contributed by atoms with Gasteiger partial charge in [0.25, 0.3) is 5.91 Å². The molecule has 182 valence electrons. The molecule has 0 spiro atoms. The number of fused-ring (bicyclic) bond motifs is 1. The summed E-state index contributed by atoms with van der Waals surface area (Å²) in [5.41, 5.74) is 6.61. The number of H-pyrrole nitrogens is 1. The normalized spacial score (nSPS) is 11.1. The van der Waals surface area contributed by atoms with Crippen LogP contribution >= 0.6 is 38.5 Å². The molecule has 1 aromatic heterocycles. The first-order valence-electron chi connectivity index (χ1n) is 11.3. The van der Waals surface area contributed by atoms with E-state index in [9.17, 15) is 9.59 Å². The molecule has 0 aliphatic heterocycles. The van der Waals surface area contributed by atoms with E-state index >= 15 is 0 Å². The van der Waals surface area contributed by atoms with Crippen molar-refractivity contribution < 1.29 is 14.3 Å². The molecule has 1 amide bonds. The molecule has 6 nitrogen and oxygen atoms in total. The molecular formula is C29H19BrIN3O3. The molecule has 1 heterocycles. The van der Waals surface area contributed by atoms with Crippen LogP contribution in [0.1, 0.15) is 26.4 Å². The number of halogens is 2. The number of carbonyl (C=O) groups excluding carboxylic acids is 2. The first kappa shape index (κ1) is 24.9. The van der Waals surface area contributed by atoms with Crippen LogP contribution in [-0.2, 0) is 0 Å². The second-order valence-electron chi connectivity index (χ2n) is 8.04. The molecule has 0 fully saturated rings. The number of ether oxygens (including phenoxy) is 1. The molecular weight excluding hydrogens is 645 g/mol. The zero-order valence-corrected chi connectivity index (χ0v) is 23.0. The number of benzene rings is 4. The number of aromatic amines is 1. The Morgan fingerprint density at radius 1 is 0.892 bits per heavy atom. The van der Waals surface area contributed by atoms with Crippen LogP contribution in [0.5, 0.6) is 5.75 Å². The molecule has 0 aliphatic rings. The largest absolute Gasteiger partial charge is 0.422 e. The molecule has 8 heteroatoms. The van der Waals surface area contributed by atoms with Gasteiger partial charge < -0.3 is 9.72 Å². The Labute approximate surface area is 235 Å². The van der Waals surface area contributed by atoms with Crippen molar-refractivity contribution in [2.75, 3.05) is 0 Å². The molecule has 5 aromatic rings. The number of nitrogens with one attached hydrogen (secondary N) is 2. The Kier molecular flexibility index (Phi) is 7.47. The number of carbonyl (C=O) groups is 2. The highest BCUT2D eigenvalue weighted by atomic mass is 127. The van der Waals surface area contributed by atoms with E-state index in [0.29, 0.717) is 22.6 Å². The van der Waals surface area contributed by atoms with Crippen molar-refractivity contribution in [3.05, 3.63) is 122 Å². The van der Waals surface area contributed by atoms with Crippen LogP contribution in [0.15, 0.2) is 107 Å². The monoisotopic (exact) mass is 663 g/mol. The lowest BCUT2D eigenvalue weighted by atomic mass is 10.0. The summed E-state index contributed by atoms with van der Waals surface area (Å²) < 4.78 is 7.46. The van der Waals surface area contributed by atoms with Crippen molar-refractivity contribution in [1.82, 2.24) is 10.4 Å². The third-order valence-electron chi connectivity index (χ3n) is 5.64. The van der Waals surface area contributed by atoms with Gasteiger partial charge in [0, 0.05) is 24.6 Å². The summed E-state index contributed by atoms with van der Waals surface area (Å²) >= 11 is 5.60. The number of hydrazone groups is 1. The van der Waals surface area contributed by atoms with E-state index in [0.717, 1.165) is 30.1 Å². The van der Waals surface area contributed by atoms with E-state index in [2.05, 4.69) is 54.0 Å². The molecule has 2 N–H and O–H groups in total. The number of aromatic nitrogens is 1. The lowest BCUT2D eigenvalue weighted by molar-refractivity contribution is 0.0734. The molecule has 0 bridgehead atoms. The van der Waals surface area contributed by atoms with Gasteiger partial charge in [-0.1, -0.05) is 70.5 Å². The van der Waals surface area contributed by atoms with Gasteiger partial charge in [-0.3, -0.25) is 4.79 Å². The fourth-order valence-corrected chi connectivity index (χ4v) is 4.80. The van der Waals surface area contributed by atoms with Crippen LogP contribution in [-0.4, -0.2) is 23.1 Å². The highest BCUT2D eigenvalue weighted by Gasteiger charge is 2.20. The average molecular weight is 664 g/mol. The summed E-state index contributed by atoms with van der Waals surface area (Å²) in [5, 5.41) is 5.11. The van der Waals surface area contributed by atoms with Gasteiger partial charge in [-0.2, -0.15) is 5.10 Å². The maximum absolute atomic E-state index is 13.2. The number of para-hydroxylation sites is 2. The maximum Gasteiger partial charge on any atom is 0.343 e. The minimum absolute atomic E-state index is 0.332. The van der Waals surface area contributed by atoms with Gasteiger partial charge >= 0.3 is 5.97 Å². The number of hydrogen-bond acceptors (Lipinski definition) is 4. The van der Waals surface area contributed by atoms with Crippen LogP contribution in [0.3, 0.4) is 0 Å². The molecule has 0 radical (unpaired) electrons. The summed E-state index contributed by atoms with van der Waals surface area (Å²) in [7, 11) is 0. The first-order valence-corrected chi connectivity index (χ1v) is 13.1. The van der Waals surface area contributed by atoms with E-state index in [1.165, 1.54) is 6.21 Å². The SMILES string of the molecule is O=C(Oc1ccccc1C=NNC(=O)c1[nH]c2c(I)cccc2c1-c1ccccc1)c1ccc(Br)cc1. The van der Waals surface area contributed by atoms with Crippen molar-refractivity contribution >= 4 is 67.5 Å². The summed E-state index contributed by atoms with van der Waals surface area (Å²) in [6.07, 6.45) is 1.46. The fourth-order valence-electron chi connectivity index (χ4n) is 3.90. The molecule has 5 rings (SSSR count). The van der Waals surface area contributed by atoms with Gasteiger partial charge in [-0.25, -0.2) is 10.2 Å². The van der Waals surface area contributed by atoms with Crippen molar-refractivity contribution in [2.24, 2.45) is 5.10 Å². The molecule has 0 saturated carbocycles. The predicted molar refractivity (Wildman–Crippen MR) is 157 cm³/mol. The van der Waals surface area contributed by atoms with E-state index in [1.807, 2.05) is 48.5 Å². The summed E-state index contributed by atoms with van der Waals surface area (Å²) in [5.74, 6) is -0.539. The summed E-state index contributed by atoms with van der Waals surface area (Å²) in [4.78, 5) is 29.1. The quantitative estimate of drug-likeness (QED) is 0.0664. The van der Waals surface area contributed by atoms with Crippen LogP contribution in [0.25, 0.3) is 22.0 Å². The predicted octanol–water partition coefficient (Wildman–Crippen LogP) is 7.19. The first-order chi connectivity index (χ1) is 18.0. The van der Waals surface area contributed by atoms with Gasteiger partial charge in [-0.05, 0) is 70.6 Å². The smallest absolute Gasteiger partial charge is 0.343 e. The third-order valence-corrected chi connectivity index (χ3v) is 7.07. The van der Waals surface area contributed by atoms with Gasteiger partial charge in [0.2, 0.25) is 0 Å². The zero-order chi connectivity index (χ0) is 25.8. The highest BCUT2D eigenvalue weighted by molar-refractivity contribution is 14.1. The molecule has 0 atom stereocenters. The minimum atomic E-state index is -0.488. The second kappa shape index (κ2) is 11.1. The number of rotatable bonds is 6. The van der Waals surface area contributed by atoms with Crippen molar-refractivity contribution in [3.63, 3.8) is 0 Å². The van der Waals surface area contributed by atoms with Crippen LogP contribution < -0.4 is 10.2 Å². The zero-order valence-electron chi connectivity index (χ0n) is 19.2. The Hall–Kier alpha value is -3.76. The Morgan fingerprint density at radius 3 is 2.41 bits per heavy atom. The fraction of sp³-hybridized carbons (Fsp3) is 0. The van der Waals surface area contributed by atoms with Crippen LogP contribution in [0.4, 0.5) is 0 Å².